The summed E-state index contributed by atoms with van der Waals surface area (Å²) in [4.78, 5) is 8.84. The predicted molar refractivity (Wildman–Crippen MR) is 88.8 cm³/mol. The fourth-order valence-electron chi connectivity index (χ4n) is 2.96. The zero-order chi connectivity index (χ0) is 14.4. The molecule has 112 valence electrons. The fraction of sp³-hybridized carbons (Fsp3) is 0.733. The number of hydrogen-bond acceptors (Lipinski definition) is 5. The summed E-state index contributed by atoms with van der Waals surface area (Å²) in [5.41, 5.74) is 1.22. The van der Waals surface area contributed by atoms with Crippen molar-refractivity contribution < 1.29 is 0 Å². The number of aromatic nitrogens is 2. The van der Waals surface area contributed by atoms with Crippen molar-refractivity contribution in [3.8, 4) is 0 Å². The van der Waals surface area contributed by atoms with Crippen molar-refractivity contribution in [3.63, 3.8) is 0 Å². The number of nitrogens with zero attached hydrogens (tertiary/aromatic N) is 2. The summed E-state index contributed by atoms with van der Waals surface area (Å²) < 4.78 is 0. The van der Waals surface area contributed by atoms with E-state index < -0.39 is 0 Å². The Balaban J connectivity index is 2.18. The maximum atomic E-state index is 4.50. The lowest BCUT2D eigenvalue weighted by molar-refractivity contribution is 0.474. The minimum Gasteiger partial charge on any atom is -0.373 e. The number of thioether (sulfide) groups is 1. The molecule has 5 heteroatoms. The summed E-state index contributed by atoms with van der Waals surface area (Å²) >= 11 is 1.98. The van der Waals surface area contributed by atoms with Gasteiger partial charge in [-0.15, -0.1) is 0 Å². The van der Waals surface area contributed by atoms with Gasteiger partial charge in [0.1, 0.15) is 18.0 Å². The van der Waals surface area contributed by atoms with Gasteiger partial charge >= 0.3 is 0 Å². The molecule has 1 saturated carbocycles. The third-order valence-electron chi connectivity index (χ3n) is 4.01. The largest absolute Gasteiger partial charge is 0.373 e. The Bertz CT molecular complexity index is 424. The van der Waals surface area contributed by atoms with Crippen molar-refractivity contribution >= 4 is 23.4 Å². The van der Waals surface area contributed by atoms with Crippen LogP contribution >= 0.6 is 11.8 Å². The van der Waals surface area contributed by atoms with Gasteiger partial charge in [-0.05, 0) is 25.5 Å². The van der Waals surface area contributed by atoms with E-state index >= 15 is 0 Å². The third-order valence-corrected chi connectivity index (χ3v) is 5.18. The smallest absolute Gasteiger partial charge is 0.134 e. The maximum absolute atomic E-state index is 4.50. The normalized spacial score (nSPS) is 22.6. The zero-order valence-corrected chi connectivity index (χ0v) is 13.6. The highest BCUT2D eigenvalue weighted by Gasteiger charge is 2.25. The van der Waals surface area contributed by atoms with E-state index in [0.29, 0.717) is 11.3 Å². The fourth-order valence-corrected chi connectivity index (χ4v) is 3.89. The molecule has 1 aromatic rings. The van der Waals surface area contributed by atoms with Crippen LogP contribution < -0.4 is 10.6 Å². The van der Waals surface area contributed by atoms with E-state index in [-0.39, 0.29) is 0 Å². The van der Waals surface area contributed by atoms with Gasteiger partial charge in [0.2, 0.25) is 0 Å². The molecule has 0 spiro atoms. The molecule has 0 aromatic carbocycles. The Labute approximate surface area is 126 Å². The highest BCUT2D eigenvalue weighted by atomic mass is 32.2. The molecule has 0 amide bonds. The van der Waals surface area contributed by atoms with E-state index in [9.17, 15) is 0 Å². The van der Waals surface area contributed by atoms with Gasteiger partial charge in [-0.3, -0.25) is 0 Å². The van der Waals surface area contributed by atoms with Crippen LogP contribution in [0.5, 0.6) is 0 Å². The average Bonchev–Trinajstić information content (AvgIpc) is 2.49. The molecule has 2 unspecified atom stereocenters. The minimum atomic E-state index is 0.536. The molecule has 1 aliphatic rings. The molecule has 2 atom stereocenters. The van der Waals surface area contributed by atoms with Crippen LogP contribution in [0.1, 0.15) is 44.6 Å². The first-order valence-electron chi connectivity index (χ1n) is 7.61. The first-order valence-corrected chi connectivity index (χ1v) is 8.89. The summed E-state index contributed by atoms with van der Waals surface area (Å²) in [6, 6.07) is 0.536. The van der Waals surface area contributed by atoms with Gasteiger partial charge in [0.05, 0.1) is 0 Å². The maximum Gasteiger partial charge on any atom is 0.134 e. The highest BCUT2D eigenvalue weighted by Crippen LogP contribution is 2.31. The molecule has 0 saturated heterocycles. The van der Waals surface area contributed by atoms with Gasteiger partial charge in [-0.1, -0.05) is 26.2 Å². The van der Waals surface area contributed by atoms with Gasteiger partial charge in [0, 0.05) is 23.9 Å². The highest BCUT2D eigenvalue weighted by molar-refractivity contribution is 7.99. The molecule has 20 heavy (non-hydrogen) atoms. The Morgan fingerprint density at radius 1 is 1.25 bits per heavy atom. The van der Waals surface area contributed by atoms with Crippen LogP contribution in [0.3, 0.4) is 0 Å². The second-order valence-electron chi connectivity index (χ2n) is 5.36. The first kappa shape index (κ1) is 15.4. The molecule has 0 bridgehead atoms. The van der Waals surface area contributed by atoms with Gasteiger partial charge in [0.25, 0.3) is 0 Å². The lowest BCUT2D eigenvalue weighted by Gasteiger charge is -2.32. The molecule has 2 rings (SSSR count). The molecule has 2 N–H and O–H groups in total. The van der Waals surface area contributed by atoms with Gasteiger partial charge in [-0.25, -0.2) is 9.97 Å². The lowest BCUT2D eigenvalue weighted by atomic mass is 9.94. The van der Waals surface area contributed by atoms with Gasteiger partial charge in [0.15, 0.2) is 0 Å². The average molecular weight is 294 g/mol. The van der Waals surface area contributed by atoms with Crippen LogP contribution in [0.4, 0.5) is 11.6 Å². The van der Waals surface area contributed by atoms with Gasteiger partial charge < -0.3 is 10.6 Å². The van der Waals surface area contributed by atoms with Gasteiger partial charge in [-0.2, -0.15) is 11.8 Å². The number of nitrogens with one attached hydrogen (secondary N) is 2. The number of hydrogen-bond donors (Lipinski definition) is 2. The second kappa shape index (κ2) is 7.72. The molecule has 1 aromatic heterocycles. The van der Waals surface area contributed by atoms with Crippen molar-refractivity contribution in [3.05, 3.63) is 11.9 Å². The molecule has 1 heterocycles. The summed E-state index contributed by atoms with van der Waals surface area (Å²) in [5.74, 6) is 1.98. The second-order valence-corrected chi connectivity index (χ2v) is 6.44. The summed E-state index contributed by atoms with van der Waals surface area (Å²) in [6.07, 6.45) is 11.2. The van der Waals surface area contributed by atoms with Crippen LogP contribution in [0.25, 0.3) is 0 Å². The van der Waals surface area contributed by atoms with Crippen molar-refractivity contribution in [2.24, 2.45) is 0 Å². The Hall–Kier alpha value is -0.970. The third kappa shape index (κ3) is 3.57. The van der Waals surface area contributed by atoms with Crippen LogP contribution in [0.15, 0.2) is 6.33 Å². The molecule has 1 fully saturated rings. The van der Waals surface area contributed by atoms with E-state index in [1.54, 1.807) is 6.33 Å². The Morgan fingerprint density at radius 3 is 2.70 bits per heavy atom. The van der Waals surface area contributed by atoms with Crippen molar-refractivity contribution in [2.45, 2.75) is 56.7 Å². The van der Waals surface area contributed by atoms with Crippen LogP contribution in [-0.2, 0) is 6.42 Å². The van der Waals surface area contributed by atoms with Crippen molar-refractivity contribution in [2.75, 3.05) is 23.9 Å². The number of anilines is 2. The van der Waals surface area contributed by atoms with Crippen molar-refractivity contribution in [1.29, 1.82) is 0 Å². The molecule has 1 aliphatic carbocycles. The molecule has 0 aliphatic heterocycles. The topological polar surface area (TPSA) is 49.8 Å². The zero-order valence-electron chi connectivity index (χ0n) is 12.8. The number of rotatable bonds is 6. The first-order chi connectivity index (χ1) is 9.80. The van der Waals surface area contributed by atoms with Crippen LogP contribution in [0.2, 0.25) is 0 Å². The summed E-state index contributed by atoms with van der Waals surface area (Å²) in [6.45, 7) is 2.20. The van der Waals surface area contributed by atoms with Crippen molar-refractivity contribution in [1.82, 2.24) is 9.97 Å². The SMILES string of the molecule is CCCc1c(NC)ncnc1NC1CCCCC1SC. The summed E-state index contributed by atoms with van der Waals surface area (Å²) in [5, 5.41) is 7.59. The predicted octanol–water partition coefficient (Wildman–Crippen LogP) is 3.56. The Kier molecular flexibility index (Phi) is 5.95. The summed E-state index contributed by atoms with van der Waals surface area (Å²) in [7, 11) is 1.93. The minimum absolute atomic E-state index is 0.536. The standard InChI is InChI=1S/C15H26N4S/c1-4-7-11-14(16-2)17-10-18-15(11)19-12-8-5-6-9-13(12)20-3/h10,12-13H,4-9H2,1-3H3,(H2,16,17,18,19). The van der Waals surface area contributed by atoms with E-state index in [2.05, 4.69) is 33.8 Å². The quantitative estimate of drug-likeness (QED) is 0.840. The lowest BCUT2D eigenvalue weighted by Crippen LogP contribution is -2.35. The monoisotopic (exact) mass is 294 g/mol. The molecular weight excluding hydrogens is 268 g/mol. The van der Waals surface area contributed by atoms with E-state index in [1.165, 1.54) is 31.2 Å². The molecule has 0 radical (unpaired) electrons. The van der Waals surface area contributed by atoms with E-state index in [1.807, 2.05) is 18.8 Å². The Morgan fingerprint density at radius 2 is 2.00 bits per heavy atom. The van der Waals surface area contributed by atoms with Crippen LogP contribution in [-0.4, -0.2) is 34.6 Å². The van der Waals surface area contributed by atoms with E-state index in [0.717, 1.165) is 24.5 Å². The molecular formula is C15H26N4S. The van der Waals surface area contributed by atoms with Crippen LogP contribution in [0, 0.1) is 0 Å². The van der Waals surface area contributed by atoms with E-state index in [4.69, 9.17) is 0 Å². The molecule has 4 nitrogen and oxygen atoms in total.